The van der Waals surface area contributed by atoms with Gasteiger partial charge in [-0.15, -0.1) is 0 Å². The molecule has 5 nitrogen and oxygen atoms in total. The number of carbonyl (C=O) groups is 1. The minimum Gasteiger partial charge on any atom is -0.507 e. The number of hydrogen-bond donors (Lipinski definition) is 3. The van der Waals surface area contributed by atoms with Gasteiger partial charge in [0.15, 0.2) is 0 Å². The summed E-state index contributed by atoms with van der Waals surface area (Å²) in [5.74, 6) is -2.01. The highest BCUT2D eigenvalue weighted by molar-refractivity contribution is 6.07. The van der Waals surface area contributed by atoms with Gasteiger partial charge in [-0.25, -0.2) is 4.39 Å². The van der Waals surface area contributed by atoms with E-state index in [2.05, 4.69) is 10.3 Å². The zero-order valence-electron chi connectivity index (χ0n) is 9.22. The van der Waals surface area contributed by atoms with Gasteiger partial charge in [0.05, 0.1) is 17.6 Å². The van der Waals surface area contributed by atoms with Crippen molar-refractivity contribution in [3.8, 4) is 5.75 Å². The van der Waals surface area contributed by atoms with Crippen LogP contribution in [0.15, 0.2) is 36.7 Å². The first kappa shape index (κ1) is 11.8. The van der Waals surface area contributed by atoms with Crippen molar-refractivity contribution in [2.24, 2.45) is 0 Å². The van der Waals surface area contributed by atoms with E-state index in [0.717, 1.165) is 6.07 Å². The number of rotatable bonds is 2. The van der Waals surface area contributed by atoms with Crippen molar-refractivity contribution in [2.45, 2.75) is 0 Å². The molecular weight excluding hydrogens is 237 g/mol. The Morgan fingerprint density at radius 1 is 1.39 bits per heavy atom. The van der Waals surface area contributed by atoms with Crippen LogP contribution in [0.1, 0.15) is 10.4 Å². The molecule has 1 heterocycles. The number of phenolic OH excluding ortho intramolecular Hbond substituents is 1. The van der Waals surface area contributed by atoms with Gasteiger partial charge in [0.2, 0.25) is 0 Å². The molecule has 0 fully saturated rings. The van der Waals surface area contributed by atoms with Gasteiger partial charge in [-0.05, 0) is 18.2 Å². The summed E-state index contributed by atoms with van der Waals surface area (Å²) in [4.78, 5) is 15.6. The van der Waals surface area contributed by atoms with Crippen LogP contribution in [0.25, 0.3) is 0 Å². The molecule has 6 heteroatoms. The van der Waals surface area contributed by atoms with Gasteiger partial charge in [-0.2, -0.15) is 0 Å². The van der Waals surface area contributed by atoms with Crippen LogP contribution < -0.4 is 11.1 Å². The second-order valence-corrected chi connectivity index (χ2v) is 3.55. The monoisotopic (exact) mass is 247 g/mol. The maximum absolute atomic E-state index is 13.4. The predicted octanol–water partition coefficient (Wildman–Crippen LogP) is 1.76. The van der Waals surface area contributed by atoms with Crippen molar-refractivity contribution in [2.75, 3.05) is 11.1 Å². The lowest BCUT2D eigenvalue weighted by Gasteiger charge is -2.09. The minimum atomic E-state index is -0.805. The summed E-state index contributed by atoms with van der Waals surface area (Å²) in [5, 5.41) is 11.9. The highest BCUT2D eigenvalue weighted by atomic mass is 19.1. The predicted molar refractivity (Wildman–Crippen MR) is 64.7 cm³/mol. The molecule has 0 bridgehead atoms. The van der Waals surface area contributed by atoms with Crippen LogP contribution in [0.3, 0.4) is 0 Å². The number of amides is 1. The number of aromatic nitrogens is 1. The van der Waals surface area contributed by atoms with Gasteiger partial charge in [0.25, 0.3) is 5.91 Å². The molecular formula is C12H10FN3O2. The highest BCUT2D eigenvalue weighted by Gasteiger charge is 2.17. The second-order valence-electron chi connectivity index (χ2n) is 3.55. The number of nitrogens with two attached hydrogens (primary N) is 1. The average Bonchev–Trinajstić information content (AvgIpc) is 2.32. The van der Waals surface area contributed by atoms with Crippen LogP contribution in [0.4, 0.5) is 15.8 Å². The van der Waals surface area contributed by atoms with Crippen LogP contribution in [0.5, 0.6) is 5.75 Å². The standard InChI is InChI=1S/C12H10FN3O2/c13-7-2-1-3-10(17)11(7)12(18)16-9-4-5-15-6-8(9)14/h1-6,17H,14H2,(H,15,16,18). The van der Waals surface area contributed by atoms with Crippen LogP contribution in [0.2, 0.25) is 0 Å². The Labute approximate surface area is 102 Å². The fourth-order valence-corrected chi connectivity index (χ4v) is 1.44. The Morgan fingerprint density at radius 2 is 2.17 bits per heavy atom. The fraction of sp³-hybridized carbons (Fsp3) is 0. The quantitative estimate of drug-likeness (QED) is 0.754. The summed E-state index contributed by atoms with van der Waals surface area (Å²) in [6.07, 6.45) is 2.80. The van der Waals surface area contributed by atoms with Crippen molar-refractivity contribution >= 4 is 17.3 Å². The third-order valence-corrected chi connectivity index (χ3v) is 2.32. The Kier molecular flexibility index (Phi) is 3.09. The van der Waals surface area contributed by atoms with Crippen LogP contribution in [0, 0.1) is 5.82 Å². The molecule has 4 N–H and O–H groups in total. The van der Waals surface area contributed by atoms with E-state index < -0.39 is 23.0 Å². The third kappa shape index (κ3) is 2.22. The molecule has 92 valence electrons. The van der Waals surface area contributed by atoms with Crippen molar-refractivity contribution in [3.05, 3.63) is 48.0 Å². The third-order valence-electron chi connectivity index (χ3n) is 2.32. The molecule has 0 unspecified atom stereocenters. The van der Waals surface area contributed by atoms with Gasteiger partial charge >= 0.3 is 0 Å². The summed E-state index contributed by atoms with van der Waals surface area (Å²) in [5.41, 5.74) is 5.72. The molecule has 1 aromatic heterocycles. The molecule has 1 amide bonds. The first-order valence-corrected chi connectivity index (χ1v) is 5.08. The van der Waals surface area contributed by atoms with E-state index in [1.165, 1.54) is 30.6 Å². The van der Waals surface area contributed by atoms with Crippen molar-refractivity contribution < 1.29 is 14.3 Å². The van der Waals surface area contributed by atoms with Crippen LogP contribution in [-0.4, -0.2) is 16.0 Å². The summed E-state index contributed by atoms with van der Waals surface area (Å²) in [6.45, 7) is 0. The molecule has 0 aliphatic rings. The smallest absolute Gasteiger partial charge is 0.262 e. The molecule has 0 atom stereocenters. The summed E-state index contributed by atoms with van der Waals surface area (Å²) in [6, 6.07) is 5.10. The molecule has 0 aliphatic heterocycles. The Bertz CT molecular complexity index is 581. The number of halogens is 1. The summed E-state index contributed by atoms with van der Waals surface area (Å²) in [7, 11) is 0. The van der Waals surface area contributed by atoms with E-state index in [1.54, 1.807) is 0 Å². The van der Waals surface area contributed by atoms with Crippen LogP contribution in [-0.2, 0) is 0 Å². The lowest BCUT2D eigenvalue weighted by molar-refractivity contribution is 0.102. The molecule has 0 aliphatic carbocycles. The van der Waals surface area contributed by atoms with Crippen molar-refractivity contribution in [3.63, 3.8) is 0 Å². The van der Waals surface area contributed by atoms with E-state index in [-0.39, 0.29) is 5.69 Å². The number of hydrogen-bond acceptors (Lipinski definition) is 4. The van der Waals surface area contributed by atoms with E-state index in [9.17, 15) is 14.3 Å². The zero-order valence-corrected chi connectivity index (χ0v) is 9.22. The minimum absolute atomic E-state index is 0.252. The largest absolute Gasteiger partial charge is 0.507 e. The number of carbonyl (C=O) groups excluding carboxylic acids is 1. The van der Waals surface area contributed by atoms with E-state index in [0.29, 0.717) is 5.69 Å². The molecule has 0 spiro atoms. The lowest BCUT2D eigenvalue weighted by atomic mass is 10.1. The van der Waals surface area contributed by atoms with Gasteiger partial charge in [-0.1, -0.05) is 6.07 Å². The highest BCUT2D eigenvalue weighted by Crippen LogP contribution is 2.22. The van der Waals surface area contributed by atoms with Crippen LogP contribution >= 0.6 is 0 Å². The topological polar surface area (TPSA) is 88.2 Å². The molecule has 2 rings (SSSR count). The number of aromatic hydroxyl groups is 1. The molecule has 2 aromatic rings. The Hall–Kier alpha value is -2.63. The van der Waals surface area contributed by atoms with E-state index in [4.69, 9.17) is 5.73 Å². The normalized spacial score (nSPS) is 10.1. The average molecular weight is 247 g/mol. The number of nitrogens with zero attached hydrogens (tertiary/aromatic N) is 1. The zero-order chi connectivity index (χ0) is 13.1. The van der Waals surface area contributed by atoms with Gasteiger partial charge in [-0.3, -0.25) is 9.78 Å². The second kappa shape index (κ2) is 4.70. The van der Waals surface area contributed by atoms with Gasteiger partial charge in [0.1, 0.15) is 17.1 Å². The van der Waals surface area contributed by atoms with E-state index in [1.807, 2.05) is 0 Å². The lowest BCUT2D eigenvalue weighted by Crippen LogP contribution is -2.15. The Morgan fingerprint density at radius 3 is 2.83 bits per heavy atom. The molecule has 0 saturated heterocycles. The Balaban J connectivity index is 2.31. The number of nitrogens with one attached hydrogen (secondary N) is 1. The maximum Gasteiger partial charge on any atom is 0.262 e. The van der Waals surface area contributed by atoms with Gasteiger partial charge in [0, 0.05) is 6.20 Å². The van der Waals surface area contributed by atoms with Crippen molar-refractivity contribution in [1.82, 2.24) is 4.98 Å². The summed E-state index contributed by atoms with van der Waals surface area (Å²) < 4.78 is 13.4. The first-order valence-electron chi connectivity index (χ1n) is 5.08. The number of benzene rings is 1. The summed E-state index contributed by atoms with van der Waals surface area (Å²) >= 11 is 0. The number of pyridine rings is 1. The molecule has 0 radical (unpaired) electrons. The van der Waals surface area contributed by atoms with E-state index >= 15 is 0 Å². The molecule has 1 aromatic carbocycles. The van der Waals surface area contributed by atoms with Crippen molar-refractivity contribution in [1.29, 1.82) is 0 Å². The number of nitrogen functional groups attached to an aromatic ring is 1. The fourth-order valence-electron chi connectivity index (χ4n) is 1.44. The SMILES string of the molecule is Nc1cnccc1NC(=O)c1c(O)cccc1F. The molecule has 18 heavy (non-hydrogen) atoms. The first-order chi connectivity index (χ1) is 8.59. The number of phenols is 1. The number of anilines is 2. The maximum atomic E-state index is 13.4. The van der Waals surface area contributed by atoms with Gasteiger partial charge < -0.3 is 16.2 Å². The molecule has 0 saturated carbocycles.